The lowest BCUT2D eigenvalue weighted by Crippen LogP contribution is -2.24. The minimum Gasteiger partial charge on any atom is -0.388 e. The van der Waals surface area contributed by atoms with Gasteiger partial charge in [0.05, 0.1) is 17.6 Å². The Labute approximate surface area is 117 Å². The number of nitrogens with zero attached hydrogens (tertiary/aromatic N) is 1. The summed E-state index contributed by atoms with van der Waals surface area (Å²) in [6.07, 6.45) is 2.93. The molecule has 1 aromatic heterocycles. The lowest BCUT2D eigenvalue weighted by Gasteiger charge is -2.30. The second-order valence-corrected chi connectivity index (χ2v) is 5.22. The monoisotopic (exact) mass is 269 g/mol. The summed E-state index contributed by atoms with van der Waals surface area (Å²) in [7, 11) is 0. The molecule has 1 aromatic carbocycles. The van der Waals surface area contributed by atoms with Crippen molar-refractivity contribution in [2.75, 3.05) is 11.9 Å². The van der Waals surface area contributed by atoms with Gasteiger partial charge in [-0.3, -0.25) is 4.98 Å². The van der Waals surface area contributed by atoms with Gasteiger partial charge in [-0.15, -0.1) is 0 Å². The molecule has 1 aliphatic carbocycles. The maximum absolute atomic E-state index is 5.52. The molecule has 4 heteroatoms. The molecule has 0 radical (unpaired) electrons. The van der Waals surface area contributed by atoms with Gasteiger partial charge in [-0.05, 0) is 29.7 Å². The molecule has 2 aromatic rings. The Morgan fingerprint density at radius 3 is 2.84 bits per heavy atom. The van der Waals surface area contributed by atoms with Gasteiger partial charge in [0.2, 0.25) is 0 Å². The van der Waals surface area contributed by atoms with Gasteiger partial charge in [-0.1, -0.05) is 36.5 Å². The van der Waals surface area contributed by atoms with Crippen molar-refractivity contribution < 1.29 is 0 Å². The Hall–Kier alpha value is -1.94. The first-order valence-electron chi connectivity index (χ1n) is 6.31. The van der Waals surface area contributed by atoms with Crippen molar-refractivity contribution in [2.24, 2.45) is 5.73 Å². The molecule has 96 valence electrons. The maximum Gasteiger partial charge on any atom is 0.122 e. The van der Waals surface area contributed by atoms with E-state index in [9.17, 15) is 0 Å². The lowest BCUT2D eigenvalue weighted by atomic mass is 9.77. The van der Waals surface area contributed by atoms with E-state index >= 15 is 0 Å². The molecule has 1 heterocycles. The van der Waals surface area contributed by atoms with E-state index in [0.29, 0.717) is 16.6 Å². The highest BCUT2D eigenvalue weighted by Gasteiger charge is 2.24. The van der Waals surface area contributed by atoms with Crippen molar-refractivity contribution in [3.63, 3.8) is 0 Å². The first-order valence-corrected chi connectivity index (χ1v) is 6.72. The van der Waals surface area contributed by atoms with Crippen molar-refractivity contribution >= 4 is 22.9 Å². The van der Waals surface area contributed by atoms with E-state index in [4.69, 9.17) is 18.0 Å². The van der Waals surface area contributed by atoms with E-state index in [0.717, 1.165) is 18.7 Å². The number of hydrogen-bond donors (Lipinski definition) is 2. The summed E-state index contributed by atoms with van der Waals surface area (Å²) < 4.78 is 0. The zero-order valence-corrected chi connectivity index (χ0v) is 11.3. The number of fused-ring (bicyclic) bond motifs is 1. The second-order valence-electron chi connectivity index (χ2n) is 4.78. The van der Waals surface area contributed by atoms with Crippen LogP contribution in [0, 0.1) is 0 Å². The Bertz CT molecular complexity index is 607. The number of nitrogens with one attached hydrogen (secondary N) is 1. The van der Waals surface area contributed by atoms with Gasteiger partial charge in [0.25, 0.3) is 0 Å². The Kier molecular flexibility index (Phi) is 3.17. The Balaban J connectivity index is 1.60. The van der Waals surface area contributed by atoms with Crippen molar-refractivity contribution in [2.45, 2.75) is 12.3 Å². The van der Waals surface area contributed by atoms with Crippen LogP contribution >= 0.6 is 12.2 Å². The van der Waals surface area contributed by atoms with E-state index in [1.165, 1.54) is 11.1 Å². The highest BCUT2D eigenvalue weighted by Crippen LogP contribution is 2.34. The molecule has 0 spiro atoms. The highest BCUT2D eigenvalue weighted by molar-refractivity contribution is 7.80. The molecule has 0 saturated carbocycles. The van der Waals surface area contributed by atoms with Crippen LogP contribution < -0.4 is 11.1 Å². The number of pyridine rings is 1. The van der Waals surface area contributed by atoms with Crippen molar-refractivity contribution in [1.29, 1.82) is 0 Å². The van der Waals surface area contributed by atoms with E-state index in [2.05, 4.69) is 34.6 Å². The SMILES string of the molecule is NC(=S)c1ccc(NCC2Cc3ccccc32)cn1. The number of nitrogens with two attached hydrogens (primary N) is 1. The van der Waals surface area contributed by atoms with Crippen LogP contribution in [0.3, 0.4) is 0 Å². The molecule has 3 N–H and O–H groups in total. The van der Waals surface area contributed by atoms with Crippen LogP contribution in [0.25, 0.3) is 0 Å². The highest BCUT2D eigenvalue weighted by atomic mass is 32.1. The van der Waals surface area contributed by atoms with Gasteiger partial charge in [0, 0.05) is 12.5 Å². The van der Waals surface area contributed by atoms with Crippen molar-refractivity contribution in [1.82, 2.24) is 4.98 Å². The largest absolute Gasteiger partial charge is 0.388 e. The fraction of sp³-hybridized carbons (Fsp3) is 0.200. The average molecular weight is 269 g/mol. The summed E-state index contributed by atoms with van der Waals surface area (Å²) in [4.78, 5) is 4.55. The molecule has 0 aliphatic heterocycles. The van der Waals surface area contributed by atoms with Crippen LogP contribution in [0.2, 0.25) is 0 Å². The number of anilines is 1. The summed E-state index contributed by atoms with van der Waals surface area (Å²) in [6, 6.07) is 12.4. The zero-order chi connectivity index (χ0) is 13.2. The molecule has 0 fully saturated rings. The van der Waals surface area contributed by atoms with Crippen LogP contribution in [0.5, 0.6) is 0 Å². The minimum atomic E-state index is 0.333. The number of hydrogen-bond acceptors (Lipinski definition) is 3. The van der Waals surface area contributed by atoms with E-state index < -0.39 is 0 Å². The Morgan fingerprint density at radius 1 is 1.32 bits per heavy atom. The number of aromatic nitrogens is 1. The van der Waals surface area contributed by atoms with E-state index in [1.807, 2.05) is 12.1 Å². The molecular weight excluding hydrogens is 254 g/mol. The molecule has 0 amide bonds. The molecule has 1 aliphatic rings. The van der Waals surface area contributed by atoms with Crippen LogP contribution in [-0.4, -0.2) is 16.5 Å². The fourth-order valence-electron chi connectivity index (χ4n) is 2.43. The van der Waals surface area contributed by atoms with Gasteiger partial charge in [-0.25, -0.2) is 0 Å². The van der Waals surface area contributed by atoms with Crippen LogP contribution in [0.1, 0.15) is 22.7 Å². The minimum absolute atomic E-state index is 0.333. The summed E-state index contributed by atoms with van der Waals surface area (Å²) >= 11 is 4.88. The average Bonchev–Trinajstić information content (AvgIpc) is 2.40. The molecule has 3 rings (SSSR count). The normalized spacial score (nSPS) is 16.3. The molecule has 0 bridgehead atoms. The predicted octanol–water partition coefficient (Wildman–Crippen LogP) is 2.47. The van der Waals surface area contributed by atoms with Gasteiger partial charge < -0.3 is 11.1 Å². The smallest absolute Gasteiger partial charge is 0.122 e. The summed E-state index contributed by atoms with van der Waals surface area (Å²) in [5.41, 5.74) is 10.1. The van der Waals surface area contributed by atoms with Crippen LogP contribution in [0.4, 0.5) is 5.69 Å². The van der Waals surface area contributed by atoms with E-state index in [1.54, 1.807) is 6.20 Å². The van der Waals surface area contributed by atoms with Gasteiger partial charge in [0.1, 0.15) is 4.99 Å². The first-order chi connectivity index (χ1) is 9.24. The van der Waals surface area contributed by atoms with Gasteiger partial charge in [-0.2, -0.15) is 0 Å². The number of benzene rings is 1. The van der Waals surface area contributed by atoms with Gasteiger partial charge in [0.15, 0.2) is 0 Å². The third-order valence-corrected chi connectivity index (χ3v) is 3.74. The van der Waals surface area contributed by atoms with Crippen molar-refractivity contribution in [3.8, 4) is 0 Å². The molecular formula is C15H15N3S. The van der Waals surface area contributed by atoms with E-state index in [-0.39, 0.29) is 0 Å². The third-order valence-electron chi connectivity index (χ3n) is 3.53. The molecule has 0 saturated heterocycles. The summed E-state index contributed by atoms with van der Waals surface area (Å²) in [5.74, 6) is 0.603. The molecule has 1 atom stereocenters. The van der Waals surface area contributed by atoms with Crippen LogP contribution in [0.15, 0.2) is 42.6 Å². The summed E-state index contributed by atoms with van der Waals surface area (Å²) in [6.45, 7) is 0.936. The summed E-state index contributed by atoms with van der Waals surface area (Å²) in [5, 5.41) is 3.41. The zero-order valence-electron chi connectivity index (χ0n) is 10.5. The molecule has 1 unspecified atom stereocenters. The molecule has 3 nitrogen and oxygen atoms in total. The standard InChI is InChI=1S/C15H15N3S/c16-15(19)14-6-5-12(9-18-14)17-8-11-7-10-3-1-2-4-13(10)11/h1-6,9,11,17H,7-8H2,(H2,16,19). The first kappa shape index (κ1) is 12.1. The van der Waals surface area contributed by atoms with Crippen LogP contribution in [-0.2, 0) is 6.42 Å². The second kappa shape index (κ2) is 4.97. The van der Waals surface area contributed by atoms with Crippen molar-refractivity contribution in [3.05, 3.63) is 59.4 Å². The predicted molar refractivity (Wildman–Crippen MR) is 81.5 cm³/mol. The third kappa shape index (κ3) is 2.44. The topological polar surface area (TPSA) is 50.9 Å². The fourth-order valence-corrected chi connectivity index (χ4v) is 2.55. The molecule has 19 heavy (non-hydrogen) atoms. The lowest BCUT2D eigenvalue weighted by molar-refractivity contribution is 0.635. The Morgan fingerprint density at radius 2 is 2.16 bits per heavy atom. The number of rotatable bonds is 4. The van der Waals surface area contributed by atoms with Gasteiger partial charge >= 0.3 is 0 Å². The number of thiocarbonyl (C=S) groups is 1. The quantitative estimate of drug-likeness (QED) is 0.837. The maximum atomic E-state index is 5.52.